The summed E-state index contributed by atoms with van der Waals surface area (Å²) in [4.78, 5) is 14.0. The Morgan fingerprint density at radius 1 is 1.06 bits per heavy atom. The van der Waals surface area contributed by atoms with E-state index in [2.05, 4.69) is 56.8 Å². The molecular weight excluding hydrogens is 436 g/mol. The van der Waals surface area contributed by atoms with E-state index >= 15 is 0 Å². The SMILES string of the molecule is Cc1cc(Cn2nc(C)c3c2CN(c2ccc(C#N)c4ncccc24)C3)cnc1N1CCNCC1. The lowest BCUT2D eigenvalue weighted by Crippen LogP contribution is -2.44. The molecule has 0 spiro atoms. The first kappa shape index (κ1) is 21.6. The fourth-order valence-electron chi connectivity index (χ4n) is 5.39. The molecule has 3 aromatic heterocycles. The standard InChI is InChI=1S/C27H28N8/c1-18-12-20(14-31-27(18)33-10-8-29-9-11-33)15-35-25-17-34(16-23(25)19(2)32-35)24-6-5-21(13-28)26-22(24)4-3-7-30-26/h3-7,12,14,29H,8-11,15-17H2,1-2H3. The number of aromatic nitrogens is 4. The minimum Gasteiger partial charge on any atom is -0.361 e. The summed E-state index contributed by atoms with van der Waals surface area (Å²) in [5, 5.41) is 18.8. The van der Waals surface area contributed by atoms with Gasteiger partial charge in [0.2, 0.25) is 0 Å². The topological polar surface area (TPSA) is 85.9 Å². The third kappa shape index (κ3) is 3.78. The number of hydrogen-bond donors (Lipinski definition) is 1. The average Bonchev–Trinajstić information content (AvgIpc) is 3.45. The predicted octanol–water partition coefficient (Wildman–Crippen LogP) is 3.29. The van der Waals surface area contributed by atoms with E-state index in [0.29, 0.717) is 12.1 Å². The van der Waals surface area contributed by atoms with E-state index < -0.39 is 0 Å². The van der Waals surface area contributed by atoms with E-state index in [0.717, 1.165) is 72.9 Å². The molecule has 0 bridgehead atoms. The van der Waals surface area contributed by atoms with Crippen LogP contribution in [0.15, 0.2) is 42.7 Å². The van der Waals surface area contributed by atoms with Crippen LogP contribution in [0.3, 0.4) is 0 Å². The van der Waals surface area contributed by atoms with Crippen molar-refractivity contribution in [3.63, 3.8) is 0 Å². The van der Waals surface area contributed by atoms with Gasteiger partial charge in [-0.3, -0.25) is 9.67 Å². The molecule has 176 valence electrons. The second-order valence-corrected chi connectivity index (χ2v) is 9.39. The summed E-state index contributed by atoms with van der Waals surface area (Å²) in [6.07, 6.45) is 3.75. The molecule has 0 amide bonds. The Bertz CT molecular complexity index is 1460. The van der Waals surface area contributed by atoms with Gasteiger partial charge in [0, 0.05) is 61.8 Å². The van der Waals surface area contributed by atoms with Crippen LogP contribution in [0.25, 0.3) is 10.9 Å². The Kier molecular flexibility index (Phi) is 5.34. The molecule has 0 unspecified atom stereocenters. The van der Waals surface area contributed by atoms with Crippen LogP contribution in [0.5, 0.6) is 0 Å². The fourth-order valence-corrected chi connectivity index (χ4v) is 5.39. The van der Waals surface area contributed by atoms with Gasteiger partial charge in [0.25, 0.3) is 0 Å². The fraction of sp³-hybridized carbons (Fsp3) is 0.333. The predicted molar refractivity (Wildman–Crippen MR) is 136 cm³/mol. The number of hydrogen-bond acceptors (Lipinski definition) is 7. The third-order valence-electron chi connectivity index (χ3n) is 7.12. The van der Waals surface area contributed by atoms with Crippen LogP contribution in [0.4, 0.5) is 11.5 Å². The van der Waals surface area contributed by atoms with E-state index in [1.807, 2.05) is 24.4 Å². The lowest BCUT2D eigenvalue weighted by Gasteiger charge is -2.29. The quantitative estimate of drug-likeness (QED) is 0.496. The highest BCUT2D eigenvalue weighted by Gasteiger charge is 2.28. The Labute approximate surface area is 204 Å². The van der Waals surface area contributed by atoms with Gasteiger partial charge in [0.15, 0.2) is 0 Å². The zero-order chi connectivity index (χ0) is 23.9. The molecule has 0 atom stereocenters. The van der Waals surface area contributed by atoms with Crippen molar-refractivity contribution in [3.8, 4) is 6.07 Å². The summed E-state index contributed by atoms with van der Waals surface area (Å²) in [6, 6.07) is 12.4. The minimum atomic E-state index is 0.607. The zero-order valence-electron chi connectivity index (χ0n) is 20.1. The molecule has 1 fully saturated rings. The summed E-state index contributed by atoms with van der Waals surface area (Å²) in [7, 11) is 0. The third-order valence-corrected chi connectivity index (χ3v) is 7.12. The first-order valence-corrected chi connectivity index (χ1v) is 12.1. The van der Waals surface area contributed by atoms with E-state index in [4.69, 9.17) is 10.1 Å². The van der Waals surface area contributed by atoms with Crippen LogP contribution in [-0.2, 0) is 19.6 Å². The Morgan fingerprint density at radius 3 is 2.71 bits per heavy atom. The number of anilines is 2. The molecule has 0 saturated carbocycles. The average molecular weight is 465 g/mol. The van der Waals surface area contributed by atoms with Gasteiger partial charge in [0.05, 0.1) is 35.6 Å². The Balaban J connectivity index is 1.27. The molecular formula is C27H28N8. The lowest BCUT2D eigenvalue weighted by atomic mass is 10.1. The summed E-state index contributed by atoms with van der Waals surface area (Å²) in [5.74, 6) is 1.09. The normalized spacial score (nSPS) is 15.5. The van der Waals surface area contributed by atoms with E-state index in [1.165, 1.54) is 16.8 Å². The first-order chi connectivity index (χ1) is 17.1. The van der Waals surface area contributed by atoms with Crippen molar-refractivity contribution in [1.82, 2.24) is 25.1 Å². The molecule has 0 aliphatic carbocycles. The van der Waals surface area contributed by atoms with Gasteiger partial charge < -0.3 is 15.1 Å². The Hall–Kier alpha value is -3.96. The van der Waals surface area contributed by atoms with Crippen molar-refractivity contribution in [2.24, 2.45) is 0 Å². The van der Waals surface area contributed by atoms with Crippen LogP contribution in [-0.4, -0.2) is 45.9 Å². The van der Waals surface area contributed by atoms with E-state index in [9.17, 15) is 5.26 Å². The second-order valence-electron chi connectivity index (χ2n) is 9.39. The van der Waals surface area contributed by atoms with Crippen molar-refractivity contribution < 1.29 is 0 Å². The number of nitrogens with one attached hydrogen (secondary N) is 1. The van der Waals surface area contributed by atoms with Gasteiger partial charge in [-0.05, 0) is 55.3 Å². The van der Waals surface area contributed by atoms with Gasteiger partial charge in [-0.1, -0.05) is 0 Å². The summed E-state index contributed by atoms with van der Waals surface area (Å²) in [5.41, 5.74) is 8.44. The number of nitrogens with zero attached hydrogens (tertiary/aromatic N) is 7. The molecule has 8 nitrogen and oxygen atoms in total. The highest BCUT2D eigenvalue weighted by atomic mass is 15.3. The maximum absolute atomic E-state index is 9.50. The van der Waals surface area contributed by atoms with Gasteiger partial charge in [0.1, 0.15) is 11.9 Å². The first-order valence-electron chi connectivity index (χ1n) is 12.1. The number of rotatable bonds is 4. The number of fused-ring (bicyclic) bond motifs is 2. The molecule has 6 rings (SSSR count). The van der Waals surface area contributed by atoms with Gasteiger partial charge in [-0.2, -0.15) is 10.4 Å². The number of benzene rings is 1. The molecule has 2 aliphatic rings. The maximum Gasteiger partial charge on any atom is 0.131 e. The van der Waals surface area contributed by atoms with Gasteiger partial charge in [-0.15, -0.1) is 0 Å². The second kappa shape index (κ2) is 8.67. The largest absolute Gasteiger partial charge is 0.361 e. The van der Waals surface area contributed by atoms with E-state index in [1.54, 1.807) is 6.20 Å². The number of piperazine rings is 1. The summed E-state index contributed by atoms with van der Waals surface area (Å²) < 4.78 is 2.13. The highest BCUT2D eigenvalue weighted by molar-refractivity contribution is 5.95. The van der Waals surface area contributed by atoms with Crippen LogP contribution in [0, 0.1) is 25.2 Å². The number of nitriles is 1. The van der Waals surface area contributed by atoms with Crippen LogP contribution in [0.2, 0.25) is 0 Å². The van der Waals surface area contributed by atoms with Gasteiger partial charge in [-0.25, -0.2) is 4.98 Å². The maximum atomic E-state index is 9.50. The molecule has 35 heavy (non-hydrogen) atoms. The summed E-state index contributed by atoms with van der Waals surface area (Å²) >= 11 is 0. The van der Waals surface area contributed by atoms with Crippen molar-refractivity contribution >= 4 is 22.4 Å². The van der Waals surface area contributed by atoms with Crippen molar-refractivity contribution in [3.05, 3.63) is 76.4 Å². The molecule has 2 aliphatic heterocycles. The summed E-state index contributed by atoms with van der Waals surface area (Å²) in [6.45, 7) is 10.5. The van der Waals surface area contributed by atoms with Crippen LogP contribution >= 0.6 is 0 Å². The lowest BCUT2D eigenvalue weighted by molar-refractivity contribution is 0.583. The molecule has 1 N–H and O–H groups in total. The van der Waals surface area contributed by atoms with Crippen LogP contribution in [0.1, 0.15) is 33.6 Å². The minimum absolute atomic E-state index is 0.607. The number of pyridine rings is 2. The molecule has 5 heterocycles. The van der Waals surface area contributed by atoms with E-state index in [-0.39, 0.29) is 0 Å². The van der Waals surface area contributed by atoms with Crippen molar-refractivity contribution in [2.45, 2.75) is 33.5 Å². The highest BCUT2D eigenvalue weighted by Crippen LogP contribution is 2.35. The molecule has 4 aromatic rings. The van der Waals surface area contributed by atoms with Crippen molar-refractivity contribution in [1.29, 1.82) is 5.26 Å². The van der Waals surface area contributed by atoms with Crippen LogP contribution < -0.4 is 15.1 Å². The smallest absolute Gasteiger partial charge is 0.131 e. The Morgan fingerprint density at radius 2 is 1.91 bits per heavy atom. The monoisotopic (exact) mass is 464 g/mol. The zero-order valence-corrected chi connectivity index (χ0v) is 20.1. The molecule has 8 heteroatoms. The number of aryl methyl sites for hydroxylation is 2. The van der Waals surface area contributed by atoms with Gasteiger partial charge >= 0.3 is 0 Å². The molecule has 1 saturated heterocycles. The van der Waals surface area contributed by atoms with Crippen molar-refractivity contribution in [2.75, 3.05) is 36.0 Å². The molecule has 1 aromatic carbocycles. The molecule has 0 radical (unpaired) electrons.